The van der Waals surface area contributed by atoms with Gasteiger partial charge in [-0.05, 0) is 109 Å². The average Bonchev–Trinajstić information content (AvgIpc) is 3.73. The van der Waals surface area contributed by atoms with E-state index in [1.807, 2.05) is 45.9 Å². The molecule has 0 unspecified atom stereocenters. The van der Waals surface area contributed by atoms with Crippen molar-refractivity contribution >= 4 is 21.8 Å². The first kappa shape index (κ1) is 36.1. The Morgan fingerprint density at radius 2 is 1.45 bits per heavy atom. The molecular weight excluding hydrogens is 832 g/mol. The fourth-order valence-electron chi connectivity index (χ4n) is 7.27. The minimum Gasteiger partial charge on any atom is -0.510 e. The summed E-state index contributed by atoms with van der Waals surface area (Å²) in [6.45, 7) is 17.5. The molecule has 8 rings (SSSR count). The molecule has 5 nitrogen and oxygen atoms in total. The maximum absolute atomic E-state index is 6.72. The van der Waals surface area contributed by atoms with Crippen LogP contribution in [0.2, 0.25) is 0 Å². The Balaban J connectivity index is 0.00000435. The first-order valence-corrected chi connectivity index (χ1v) is 17.8. The molecule has 0 aliphatic carbocycles. The molecule has 0 amide bonds. The average molecular weight is 874 g/mol. The Hall–Kier alpha value is -5.25. The molecule has 6 heteroatoms. The summed E-state index contributed by atoms with van der Waals surface area (Å²) in [5, 5.41) is 2.26. The van der Waals surface area contributed by atoms with E-state index in [2.05, 4.69) is 151 Å². The summed E-state index contributed by atoms with van der Waals surface area (Å²) in [7, 11) is 0. The van der Waals surface area contributed by atoms with Crippen LogP contribution in [0.4, 0.5) is 0 Å². The van der Waals surface area contributed by atoms with E-state index in [4.69, 9.17) is 9.72 Å². The van der Waals surface area contributed by atoms with Gasteiger partial charge in [0.25, 0.3) is 6.33 Å². The number of nitrogens with zero attached hydrogens (tertiary/aromatic N) is 4. The van der Waals surface area contributed by atoms with Gasteiger partial charge in [0, 0.05) is 56.7 Å². The van der Waals surface area contributed by atoms with E-state index in [0.29, 0.717) is 11.5 Å². The molecule has 8 aromatic rings. The molecule has 53 heavy (non-hydrogen) atoms. The molecule has 0 fully saturated rings. The van der Waals surface area contributed by atoms with Crippen LogP contribution in [0.5, 0.6) is 11.5 Å². The van der Waals surface area contributed by atoms with Gasteiger partial charge in [-0.2, -0.15) is 12.1 Å². The molecule has 0 radical (unpaired) electrons. The smallest absolute Gasteiger partial charge is 0.267 e. The Labute approximate surface area is 326 Å². The first-order chi connectivity index (χ1) is 25.0. The van der Waals surface area contributed by atoms with E-state index in [9.17, 15) is 0 Å². The van der Waals surface area contributed by atoms with E-state index < -0.39 is 0 Å². The third kappa shape index (κ3) is 6.64. The number of imidazole rings is 1. The van der Waals surface area contributed by atoms with Gasteiger partial charge in [0.05, 0.1) is 5.69 Å². The number of benzene rings is 5. The molecule has 0 saturated heterocycles. The fraction of sp³-hybridized carbons (Fsp3) is 0.191. The number of ether oxygens (including phenoxy) is 1. The molecule has 0 saturated carbocycles. The SMILES string of the molecule is Cc1cc(C)c(-[n+]2[c-]n(-c3[c-]c(Oc4[c-]c5c(c(-c6c(C)cccc6C)c4)c4ccccc4n5-c4cc(C(C)(C)C)ccn4)ccc3)cc2)cc1C.[Pt]. The summed E-state index contributed by atoms with van der Waals surface area (Å²) < 4.78 is 12.9. The van der Waals surface area contributed by atoms with Crippen LogP contribution in [0.25, 0.3) is 50.1 Å². The van der Waals surface area contributed by atoms with Crippen molar-refractivity contribution in [2.45, 2.75) is 60.8 Å². The zero-order valence-corrected chi connectivity index (χ0v) is 33.7. The number of hydrogen-bond acceptors (Lipinski definition) is 2. The summed E-state index contributed by atoms with van der Waals surface area (Å²) in [6, 6.07) is 39.0. The molecule has 0 spiro atoms. The molecule has 0 aliphatic heterocycles. The fourth-order valence-corrected chi connectivity index (χ4v) is 7.27. The zero-order valence-electron chi connectivity index (χ0n) is 31.4. The maximum atomic E-state index is 6.72. The molecule has 0 bridgehead atoms. The predicted molar refractivity (Wildman–Crippen MR) is 210 cm³/mol. The summed E-state index contributed by atoms with van der Waals surface area (Å²) in [5.74, 6) is 2.04. The third-order valence-electron chi connectivity index (χ3n) is 10.1. The Kier molecular flexibility index (Phi) is 9.51. The van der Waals surface area contributed by atoms with Gasteiger partial charge >= 0.3 is 0 Å². The van der Waals surface area contributed by atoms with Crippen LogP contribution in [-0.4, -0.2) is 14.1 Å². The number of aromatic nitrogens is 4. The van der Waals surface area contributed by atoms with Crippen LogP contribution in [-0.2, 0) is 26.5 Å². The van der Waals surface area contributed by atoms with Gasteiger partial charge in [0.2, 0.25) is 0 Å². The van der Waals surface area contributed by atoms with Crippen molar-refractivity contribution in [1.82, 2.24) is 14.1 Å². The Morgan fingerprint density at radius 1 is 0.717 bits per heavy atom. The number of fused-ring (bicyclic) bond motifs is 3. The molecule has 3 heterocycles. The van der Waals surface area contributed by atoms with Crippen molar-refractivity contribution in [3.63, 3.8) is 0 Å². The second-order valence-corrected chi connectivity index (χ2v) is 14.9. The minimum absolute atomic E-state index is 0. The predicted octanol–water partition coefficient (Wildman–Crippen LogP) is 10.9. The molecular formula is C47H42N4OPt-2. The van der Waals surface area contributed by atoms with Gasteiger partial charge in [-0.15, -0.1) is 29.8 Å². The summed E-state index contributed by atoms with van der Waals surface area (Å²) in [5.41, 5.74) is 13.5. The molecule has 0 atom stereocenters. The van der Waals surface area contributed by atoms with Gasteiger partial charge < -0.3 is 13.9 Å². The number of hydrogen-bond donors (Lipinski definition) is 0. The van der Waals surface area contributed by atoms with Crippen molar-refractivity contribution in [3.8, 4) is 39.8 Å². The Bertz CT molecular complexity index is 2640. The van der Waals surface area contributed by atoms with Gasteiger partial charge in [-0.3, -0.25) is 4.57 Å². The molecule has 268 valence electrons. The molecule has 0 N–H and O–H groups in total. The van der Waals surface area contributed by atoms with Crippen LogP contribution in [0, 0.1) is 53.1 Å². The quantitative estimate of drug-likeness (QED) is 0.123. The van der Waals surface area contributed by atoms with Crippen molar-refractivity contribution in [1.29, 1.82) is 0 Å². The zero-order chi connectivity index (χ0) is 36.3. The first-order valence-electron chi connectivity index (χ1n) is 17.8. The van der Waals surface area contributed by atoms with Crippen molar-refractivity contribution in [3.05, 3.63) is 161 Å². The molecule has 0 aliphatic rings. The second-order valence-electron chi connectivity index (χ2n) is 14.9. The monoisotopic (exact) mass is 873 g/mol. The summed E-state index contributed by atoms with van der Waals surface area (Å²) in [4.78, 5) is 4.92. The standard InChI is InChI=1S/C47H42N4O.Pt/c1-30-13-11-14-31(2)45(30)40-27-38(28-43-46(40)39-17-9-10-18-41(39)51(43)44-25-35(19-20-48-44)47(6,7)8)52-37-16-12-15-36(26-37)49-21-22-50(29-49)42-24-33(4)32(3)23-34(42)5;/h9-25,27H,1-8H3;/q-2;. The van der Waals surface area contributed by atoms with Gasteiger partial charge in [-0.1, -0.05) is 79.7 Å². The van der Waals surface area contributed by atoms with Gasteiger partial charge in [-0.25, -0.2) is 4.98 Å². The number of aryl methyl sites for hydroxylation is 5. The minimum atomic E-state index is -0.0347. The van der Waals surface area contributed by atoms with E-state index in [0.717, 1.165) is 44.6 Å². The van der Waals surface area contributed by atoms with E-state index in [1.165, 1.54) is 38.9 Å². The third-order valence-corrected chi connectivity index (χ3v) is 10.1. The number of rotatable bonds is 6. The number of pyridine rings is 1. The van der Waals surface area contributed by atoms with E-state index in [-0.39, 0.29) is 26.5 Å². The van der Waals surface area contributed by atoms with Gasteiger partial charge in [0.1, 0.15) is 5.82 Å². The van der Waals surface area contributed by atoms with Crippen LogP contribution < -0.4 is 9.30 Å². The maximum Gasteiger partial charge on any atom is 0.267 e. The van der Waals surface area contributed by atoms with Crippen LogP contribution in [0.3, 0.4) is 0 Å². The van der Waals surface area contributed by atoms with Crippen molar-refractivity contribution in [2.24, 2.45) is 0 Å². The topological polar surface area (TPSA) is 35.9 Å². The Morgan fingerprint density at radius 3 is 2.23 bits per heavy atom. The largest absolute Gasteiger partial charge is 0.510 e. The van der Waals surface area contributed by atoms with Crippen molar-refractivity contribution < 1.29 is 30.4 Å². The van der Waals surface area contributed by atoms with Crippen molar-refractivity contribution in [2.75, 3.05) is 0 Å². The normalized spacial score (nSPS) is 11.6. The second kappa shape index (κ2) is 13.9. The van der Waals surface area contributed by atoms with Crippen LogP contribution in [0.1, 0.15) is 54.2 Å². The molecule has 3 aromatic heterocycles. The van der Waals surface area contributed by atoms with E-state index in [1.54, 1.807) is 0 Å². The van der Waals surface area contributed by atoms with Gasteiger partial charge in [0.15, 0.2) is 0 Å². The van der Waals surface area contributed by atoms with Crippen LogP contribution in [0.15, 0.2) is 110 Å². The van der Waals surface area contributed by atoms with Crippen LogP contribution >= 0.6 is 0 Å². The summed E-state index contributed by atoms with van der Waals surface area (Å²) in [6.07, 6.45) is 9.41. The molecule has 5 aromatic carbocycles. The number of para-hydroxylation sites is 1. The van der Waals surface area contributed by atoms with E-state index >= 15 is 0 Å². The summed E-state index contributed by atoms with van der Waals surface area (Å²) >= 11 is 0.